The van der Waals surface area contributed by atoms with Gasteiger partial charge in [0.2, 0.25) is 0 Å². The molecule has 1 aliphatic heterocycles. The summed E-state index contributed by atoms with van der Waals surface area (Å²) in [4.78, 5) is 0. The Hall–Kier alpha value is -1.02. The van der Waals surface area contributed by atoms with Gasteiger partial charge in [-0.1, -0.05) is 39.3 Å². The highest BCUT2D eigenvalue weighted by molar-refractivity contribution is 5.32. The summed E-state index contributed by atoms with van der Waals surface area (Å²) in [5, 5.41) is 3.56. The number of hydrogen-bond donors (Lipinski definition) is 1. The minimum atomic E-state index is 0.185. The number of hydrogen-bond acceptors (Lipinski definition) is 2. The van der Waals surface area contributed by atoms with Gasteiger partial charge in [-0.2, -0.15) is 0 Å². The van der Waals surface area contributed by atoms with Gasteiger partial charge in [0.1, 0.15) is 5.75 Å². The van der Waals surface area contributed by atoms with Crippen molar-refractivity contribution in [3.63, 3.8) is 0 Å². The fraction of sp³-hybridized carbons (Fsp3) is 0.647. The van der Waals surface area contributed by atoms with E-state index >= 15 is 0 Å². The van der Waals surface area contributed by atoms with Crippen molar-refractivity contribution in [3.8, 4) is 5.75 Å². The van der Waals surface area contributed by atoms with Gasteiger partial charge >= 0.3 is 0 Å². The fourth-order valence-electron chi connectivity index (χ4n) is 2.54. The van der Waals surface area contributed by atoms with E-state index in [1.807, 2.05) is 0 Å². The Balaban J connectivity index is 1.82. The molecule has 0 saturated carbocycles. The molecule has 1 aromatic rings. The Morgan fingerprint density at radius 3 is 2.79 bits per heavy atom. The molecular weight excluding hydrogens is 234 g/mol. The van der Waals surface area contributed by atoms with Crippen LogP contribution in [0.4, 0.5) is 0 Å². The molecule has 1 heterocycles. The molecule has 0 bridgehead atoms. The lowest BCUT2D eigenvalue weighted by Crippen LogP contribution is -2.35. The van der Waals surface area contributed by atoms with Crippen LogP contribution in [0.2, 0.25) is 0 Å². The first-order valence-corrected chi connectivity index (χ1v) is 7.52. The molecule has 19 heavy (non-hydrogen) atoms. The topological polar surface area (TPSA) is 21.3 Å². The van der Waals surface area contributed by atoms with Crippen LogP contribution in [0.5, 0.6) is 5.75 Å². The molecule has 0 spiro atoms. The summed E-state index contributed by atoms with van der Waals surface area (Å²) in [6.07, 6.45) is 5.09. The van der Waals surface area contributed by atoms with Crippen LogP contribution in [0.1, 0.15) is 52.0 Å². The number of benzene rings is 1. The van der Waals surface area contributed by atoms with Gasteiger partial charge in [0.05, 0.1) is 6.61 Å². The van der Waals surface area contributed by atoms with E-state index in [4.69, 9.17) is 4.74 Å². The van der Waals surface area contributed by atoms with E-state index in [-0.39, 0.29) is 5.41 Å². The van der Waals surface area contributed by atoms with Crippen LogP contribution in [0, 0.1) is 0 Å². The summed E-state index contributed by atoms with van der Waals surface area (Å²) in [5.41, 5.74) is 1.52. The Kier molecular flexibility index (Phi) is 4.87. The van der Waals surface area contributed by atoms with Gasteiger partial charge < -0.3 is 10.1 Å². The highest BCUT2D eigenvalue weighted by Gasteiger charge is 2.15. The summed E-state index contributed by atoms with van der Waals surface area (Å²) in [6.45, 7) is 8.68. The fourth-order valence-corrected chi connectivity index (χ4v) is 2.54. The lowest BCUT2D eigenvalue weighted by atomic mass is 9.87. The molecule has 2 nitrogen and oxygen atoms in total. The molecule has 1 aliphatic rings. The molecule has 106 valence electrons. The van der Waals surface area contributed by atoms with Crippen LogP contribution in [0.3, 0.4) is 0 Å². The lowest BCUT2D eigenvalue weighted by Gasteiger charge is -2.23. The van der Waals surface area contributed by atoms with Gasteiger partial charge in [-0.05, 0) is 48.9 Å². The second-order valence-corrected chi connectivity index (χ2v) is 6.56. The van der Waals surface area contributed by atoms with Crippen LogP contribution in [-0.2, 0) is 5.41 Å². The molecule has 2 rings (SSSR count). The van der Waals surface area contributed by atoms with Crippen LogP contribution in [0.15, 0.2) is 24.3 Å². The third-order valence-electron chi connectivity index (χ3n) is 3.85. The van der Waals surface area contributed by atoms with Crippen LogP contribution in [-0.4, -0.2) is 19.2 Å². The van der Waals surface area contributed by atoms with Crippen LogP contribution in [0.25, 0.3) is 0 Å². The largest absolute Gasteiger partial charge is 0.494 e. The SMILES string of the molecule is CC(C)(C)c1cccc(OCC[C@H]2CCCCN2)c1. The Morgan fingerprint density at radius 1 is 1.26 bits per heavy atom. The number of nitrogens with one attached hydrogen (secondary N) is 1. The Bertz CT molecular complexity index is 388. The molecule has 0 unspecified atom stereocenters. The number of ether oxygens (including phenoxy) is 1. The first kappa shape index (κ1) is 14.4. The smallest absolute Gasteiger partial charge is 0.119 e. The van der Waals surface area contributed by atoms with Gasteiger partial charge in [0.25, 0.3) is 0 Å². The van der Waals surface area contributed by atoms with E-state index in [0.717, 1.165) is 18.8 Å². The van der Waals surface area contributed by atoms with Crippen molar-refractivity contribution in [3.05, 3.63) is 29.8 Å². The Morgan fingerprint density at radius 2 is 2.11 bits per heavy atom. The van der Waals surface area contributed by atoms with E-state index in [0.29, 0.717) is 6.04 Å². The summed E-state index contributed by atoms with van der Waals surface area (Å²) >= 11 is 0. The maximum atomic E-state index is 5.90. The van der Waals surface area contributed by atoms with Crippen molar-refractivity contribution in [1.82, 2.24) is 5.32 Å². The van der Waals surface area contributed by atoms with Crippen molar-refractivity contribution in [2.75, 3.05) is 13.2 Å². The van der Waals surface area contributed by atoms with Crippen molar-refractivity contribution in [2.45, 2.75) is 57.9 Å². The molecule has 0 amide bonds. The van der Waals surface area contributed by atoms with E-state index in [1.54, 1.807) is 0 Å². The highest BCUT2D eigenvalue weighted by Crippen LogP contribution is 2.25. The van der Waals surface area contributed by atoms with Crippen LogP contribution < -0.4 is 10.1 Å². The van der Waals surface area contributed by atoms with Gasteiger partial charge in [0, 0.05) is 6.04 Å². The summed E-state index contributed by atoms with van der Waals surface area (Å²) in [6, 6.07) is 9.15. The standard InChI is InChI=1S/C17H27NO/c1-17(2,3)14-7-6-9-16(13-14)19-12-10-15-8-4-5-11-18-15/h6-7,9,13,15,18H,4-5,8,10-12H2,1-3H3/t15-/m1/s1. The molecule has 1 N–H and O–H groups in total. The predicted molar refractivity (Wildman–Crippen MR) is 80.9 cm³/mol. The maximum Gasteiger partial charge on any atom is 0.119 e. The Labute approximate surface area is 117 Å². The molecule has 1 saturated heterocycles. The average molecular weight is 261 g/mol. The summed E-state index contributed by atoms with van der Waals surface area (Å²) in [5.74, 6) is 1.00. The lowest BCUT2D eigenvalue weighted by molar-refractivity contribution is 0.268. The molecule has 1 atom stereocenters. The molecule has 1 fully saturated rings. The quantitative estimate of drug-likeness (QED) is 0.887. The minimum absolute atomic E-state index is 0.185. The second-order valence-electron chi connectivity index (χ2n) is 6.56. The molecular formula is C17H27NO. The number of piperidine rings is 1. The molecule has 0 radical (unpaired) electrons. The molecule has 1 aromatic carbocycles. The van der Waals surface area contributed by atoms with E-state index in [2.05, 4.69) is 50.4 Å². The second kappa shape index (κ2) is 6.42. The van der Waals surface area contributed by atoms with Crippen LogP contribution >= 0.6 is 0 Å². The predicted octanol–water partition coefficient (Wildman–Crippen LogP) is 3.90. The highest BCUT2D eigenvalue weighted by atomic mass is 16.5. The summed E-state index contributed by atoms with van der Waals surface area (Å²) < 4.78 is 5.90. The normalized spacial score (nSPS) is 20.3. The zero-order valence-corrected chi connectivity index (χ0v) is 12.5. The van der Waals surface area contributed by atoms with E-state index < -0.39 is 0 Å². The first-order chi connectivity index (χ1) is 9.05. The molecule has 0 aliphatic carbocycles. The third-order valence-corrected chi connectivity index (χ3v) is 3.85. The average Bonchev–Trinajstić information content (AvgIpc) is 2.39. The zero-order chi connectivity index (χ0) is 13.7. The number of rotatable bonds is 4. The zero-order valence-electron chi connectivity index (χ0n) is 12.5. The van der Waals surface area contributed by atoms with E-state index in [1.165, 1.54) is 31.4 Å². The monoisotopic (exact) mass is 261 g/mol. The first-order valence-electron chi connectivity index (χ1n) is 7.52. The molecule has 2 heteroatoms. The minimum Gasteiger partial charge on any atom is -0.494 e. The van der Waals surface area contributed by atoms with Crippen molar-refractivity contribution in [2.24, 2.45) is 0 Å². The maximum absolute atomic E-state index is 5.90. The van der Waals surface area contributed by atoms with Gasteiger partial charge in [0.15, 0.2) is 0 Å². The van der Waals surface area contributed by atoms with Crippen molar-refractivity contribution >= 4 is 0 Å². The van der Waals surface area contributed by atoms with Gasteiger partial charge in [-0.25, -0.2) is 0 Å². The van der Waals surface area contributed by atoms with Crippen molar-refractivity contribution in [1.29, 1.82) is 0 Å². The van der Waals surface area contributed by atoms with Gasteiger partial charge in [-0.15, -0.1) is 0 Å². The van der Waals surface area contributed by atoms with Crippen molar-refractivity contribution < 1.29 is 4.74 Å². The van der Waals surface area contributed by atoms with E-state index in [9.17, 15) is 0 Å². The third kappa shape index (κ3) is 4.54. The molecule has 0 aromatic heterocycles. The summed E-state index contributed by atoms with van der Waals surface area (Å²) in [7, 11) is 0. The van der Waals surface area contributed by atoms with Gasteiger partial charge in [-0.3, -0.25) is 0 Å².